The molecule has 116 valence electrons. The zero-order valence-corrected chi connectivity index (χ0v) is 9.40. The third-order valence-corrected chi connectivity index (χ3v) is 2.37. The van der Waals surface area contributed by atoms with Crippen molar-refractivity contribution in [2.45, 2.75) is 30.6 Å². The number of nitrogens with zero attached hydrogens (tertiary/aromatic N) is 2. The fourth-order valence-corrected chi connectivity index (χ4v) is 1.28. The quantitative estimate of drug-likeness (QED) is 0.785. The molecule has 0 radical (unpaired) electrons. The van der Waals surface area contributed by atoms with Crippen LogP contribution in [0.25, 0.3) is 0 Å². The van der Waals surface area contributed by atoms with Gasteiger partial charge in [0.2, 0.25) is 0 Å². The molecule has 12 heteroatoms. The van der Waals surface area contributed by atoms with Gasteiger partial charge in [0.1, 0.15) is 12.4 Å². The van der Waals surface area contributed by atoms with Gasteiger partial charge in [-0.2, -0.15) is 31.4 Å². The first-order valence-electron chi connectivity index (χ1n) is 4.88. The lowest BCUT2D eigenvalue weighted by Gasteiger charge is -2.33. The molecule has 4 nitrogen and oxygen atoms in total. The van der Waals surface area contributed by atoms with Crippen LogP contribution in [0.4, 0.5) is 35.1 Å². The zero-order valence-electron chi connectivity index (χ0n) is 9.40. The topological polar surface area (TPSA) is 58.7 Å². The van der Waals surface area contributed by atoms with Gasteiger partial charge in [-0.15, -0.1) is 0 Å². The average molecular weight is 313 g/mol. The van der Waals surface area contributed by atoms with Gasteiger partial charge in [-0.3, -0.25) is 4.79 Å². The summed E-state index contributed by atoms with van der Waals surface area (Å²) in [4.78, 5) is 11.0. The first-order chi connectivity index (χ1) is 8.83. The number of hydrogen-bond donors (Lipinski definition) is 1. The van der Waals surface area contributed by atoms with Crippen LogP contribution in [0.15, 0.2) is 5.10 Å². The molecule has 1 aliphatic heterocycles. The normalized spacial score (nSPS) is 17.9. The number of nitrogens with two attached hydrogens (primary N) is 1. The van der Waals surface area contributed by atoms with E-state index in [9.17, 15) is 39.9 Å². The molecule has 1 heterocycles. The van der Waals surface area contributed by atoms with Gasteiger partial charge in [-0.25, -0.2) is 13.8 Å². The zero-order chi connectivity index (χ0) is 15.9. The molecule has 0 fully saturated rings. The summed E-state index contributed by atoms with van der Waals surface area (Å²) in [6, 6.07) is 0. The van der Waals surface area contributed by atoms with Crippen LogP contribution in [0.1, 0.15) is 6.42 Å². The van der Waals surface area contributed by atoms with Crippen molar-refractivity contribution in [3.8, 4) is 0 Å². The summed E-state index contributed by atoms with van der Waals surface area (Å²) < 4.78 is 101. The van der Waals surface area contributed by atoms with Crippen LogP contribution in [0.3, 0.4) is 0 Å². The fourth-order valence-electron chi connectivity index (χ4n) is 1.28. The molecule has 0 atom stereocenters. The SMILES string of the molecule is NC1=NN(CC(F)(F)C(F)(F)C(F)(F)C(F)F)C(=O)C1. The van der Waals surface area contributed by atoms with E-state index in [0.29, 0.717) is 0 Å². The summed E-state index contributed by atoms with van der Waals surface area (Å²) in [5.74, 6) is -20.0. The largest absolute Gasteiger partial charge is 0.385 e. The van der Waals surface area contributed by atoms with Crippen molar-refractivity contribution in [3.63, 3.8) is 0 Å². The molecule has 2 N–H and O–H groups in total. The van der Waals surface area contributed by atoms with Crippen LogP contribution >= 0.6 is 0 Å². The average Bonchev–Trinajstić information content (AvgIpc) is 2.55. The Kier molecular flexibility index (Phi) is 3.89. The van der Waals surface area contributed by atoms with Crippen molar-refractivity contribution in [3.05, 3.63) is 0 Å². The number of amides is 1. The van der Waals surface area contributed by atoms with E-state index < -0.39 is 48.9 Å². The number of carbonyl (C=O) groups is 1. The van der Waals surface area contributed by atoms with Crippen molar-refractivity contribution in [2.24, 2.45) is 10.8 Å². The van der Waals surface area contributed by atoms with Crippen LogP contribution in [-0.2, 0) is 4.79 Å². The van der Waals surface area contributed by atoms with Crippen molar-refractivity contribution < 1.29 is 39.9 Å². The van der Waals surface area contributed by atoms with Crippen LogP contribution in [-0.4, -0.2) is 47.5 Å². The predicted octanol–water partition coefficient (Wildman–Crippen LogP) is 1.66. The minimum atomic E-state index is -6.37. The summed E-state index contributed by atoms with van der Waals surface area (Å²) in [6.45, 7) is -2.29. The second-order valence-corrected chi connectivity index (χ2v) is 3.92. The summed E-state index contributed by atoms with van der Waals surface area (Å²) in [7, 11) is 0. The summed E-state index contributed by atoms with van der Waals surface area (Å²) in [5.41, 5.74) is 4.96. The monoisotopic (exact) mass is 313 g/mol. The summed E-state index contributed by atoms with van der Waals surface area (Å²) in [5, 5.41) is 2.67. The lowest BCUT2D eigenvalue weighted by Crippen LogP contribution is -2.60. The van der Waals surface area contributed by atoms with Crippen LogP contribution < -0.4 is 5.73 Å². The Morgan fingerprint density at radius 3 is 2.05 bits per heavy atom. The molecule has 20 heavy (non-hydrogen) atoms. The van der Waals surface area contributed by atoms with E-state index in [1.165, 1.54) is 0 Å². The standard InChI is InChI=1S/C8H7F8N3O/c9-5(10)7(13,14)8(15,16)6(11,12)2-19-4(20)1-3(17)18-19/h5H,1-2H2,(H2,17,18). The summed E-state index contributed by atoms with van der Waals surface area (Å²) in [6.07, 6.45) is -5.67. The lowest BCUT2D eigenvalue weighted by molar-refractivity contribution is -0.339. The van der Waals surface area contributed by atoms with E-state index in [2.05, 4.69) is 5.10 Å². The Bertz CT molecular complexity index is 435. The minimum Gasteiger partial charge on any atom is -0.385 e. The molecular formula is C8H7F8N3O. The molecule has 1 rings (SSSR count). The predicted molar refractivity (Wildman–Crippen MR) is 48.8 cm³/mol. The number of hydrazone groups is 1. The number of carbonyl (C=O) groups excluding carboxylic acids is 1. The highest BCUT2D eigenvalue weighted by atomic mass is 19.4. The van der Waals surface area contributed by atoms with Crippen LogP contribution in [0.5, 0.6) is 0 Å². The highest BCUT2D eigenvalue weighted by Gasteiger charge is 2.75. The van der Waals surface area contributed by atoms with Gasteiger partial charge in [0.25, 0.3) is 5.91 Å². The Balaban J connectivity index is 3.01. The lowest BCUT2D eigenvalue weighted by atomic mass is 10.0. The van der Waals surface area contributed by atoms with E-state index in [-0.39, 0.29) is 5.01 Å². The van der Waals surface area contributed by atoms with Gasteiger partial charge in [-0.1, -0.05) is 0 Å². The Labute approximate surface area is 106 Å². The first kappa shape index (κ1) is 16.4. The molecule has 0 aromatic heterocycles. The number of alkyl halides is 8. The van der Waals surface area contributed by atoms with Crippen molar-refractivity contribution in [2.75, 3.05) is 6.54 Å². The summed E-state index contributed by atoms with van der Waals surface area (Å²) >= 11 is 0. The van der Waals surface area contributed by atoms with Gasteiger partial charge in [0.15, 0.2) is 0 Å². The molecule has 1 amide bonds. The maximum Gasteiger partial charge on any atom is 0.379 e. The number of amidine groups is 1. The molecule has 0 aromatic rings. The smallest absolute Gasteiger partial charge is 0.379 e. The molecule has 0 bridgehead atoms. The Hall–Kier alpha value is -1.62. The van der Waals surface area contributed by atoms with Gasteiger partial charge < -0.3 is 5.73 Å². The molecular weight excluding hydrogens is 306 g/mol. The first-order valence-corrected chi connectivity index (χ1v) is 4.88. The number of halogens is 8. The molecule has 0 saturated carbocycles. The van der Waals surface area contributed by atoms with E-state index in [1.54, 1.807) is 0 Å². The van der Waals surface area contributed by atoms with E-state index in [4.69, 9.17) is 5.73 Å². The highest BCUT2D eigenvalue weighted by Crippen LogP contribution is 2.48. The number of rotatable bonds is 5. The van der Waals surface area contributed by atoms with Gasteiger partial charge >= 0.3 is 24.2 Å². The fraction of sp³-hybridized carbons (Fsp3) is 0.750. The molecule has 0 saturated heterocycles. The van der Waals surface area contributed by atoms with Crippen LogP contribution in [0.2, 0.25) is 0 Å². The second-order valence-electron chi connectivity index (χ2n) is 3.92. The third kappa shape index (κ3) is 2.50. The molecule has 0 aliphatic carbocycles. The van der Waals surface area contributed by atoms with E-state index >= 15 is 0 Å². The highest BCUT2D eigenvalue weighted by molar-refractivity contribution is 6.02. The van der Waals surface area contributed by atoms with Crippen molar-refractivity contribution in [1.29, 1.82) is 0 Å². The van der Waals surface area contributed by atoms with Gasteiger partial charge in [0.05, 0.1) is 6.42 Å². The van der Waals surface area contributed by atoms with Gasteiger partial charge in [-0.05, 0) is 0 Å². The maximum atomic E-state index is 13.1. The second kappa shape index (κ2) is 4.74. The Morgan fingerprint density at radius 2 is 1.70 bits per heavy atom. The van der Waals surface area contributed by atoms with Crippen molar-refractivity contribution in [1.82, 2.24) is 5.01 Å². The molecule has 0 aromatic carbocycles. The molecule has 0 unspecified atom stereocenters. The Morgan fingerprint density at radius 1 is 1.20 bits per heavy atom. The minimum absolute atomic E-state index is 0.259. The molecule has 0 spiro atoms. The third-order valence-electron chi connectivity index (χ3n) is 2.37. The van der Waals surface area contributed by atoms with E-state index in [1.807, 2.05) is 0 Å². The van der Waals surface area contributed by atoms with E-state index in [0.717, 1.165) is 0 Å². The van der Waals surface area contributed by atoms with Gasteiger partial charge in [0, 0.05) is 0 Å². The molecule has 1 aliphatic rings. The van der Waals surface area contributed by atoms with Crippen molar-refractivity contribution >= 4 is 11.7 Å². The number of hydrogen-bond acceptors (Lipinski definition) is 3. The maximum absolute atomic E-state index is 13.1. The van der Waals surface area contributed by atoms with Crippen LogP contribution in [0, 0.1) is 0 Å².